The minimum atomic E-state index is 0.314. The Morgan fingerprint density at radius 1 is 1.53 bits per heavy atom. The van der Waals surface area contributed by atoms with E-state index in [1.165, 1.54) is 18.5 Å². The van der Waals surface area contributed by atoms with Crippen molar-refractivity contribution in [1.82, 2.24) is 14.9 Å². The summed E-state index contributed by atoms with van der Waals surface area (Å²) >= 11 is 0. The van der Waals surface area contributed by atoms with Crippen LogP contribution >= 0.6 is 0 Å². The Morgan fingerprint density at radius 2 is 2.29 bits per heavy atom. The highest BCUT2D eigenvalue weighted by atomic mass is 15.1. The maximum atomic E-state index is 4.33. The van der Waals surface area contributed by atoms with Gasteiger partial charge in [0.05, 0.1) is 12.0 Å². The van der Waals surface area contributed by atoms with Crippen molar-refractivity contribution in [2.75, 3.05) is 6.54 Å². The van der Waals surface area contributed by atoms with E-state index in [9.17, 15) is 0 Å². The first kappa shape index (κ1) is 12.6. The molecule has 0 aliphatic carbocycles. The Bertz CT molecular complexity index is 359. The van der Waals surface area contributed by atoms with Crippen LogP contribution in [0, 0.1) is 11.3 Å². The first-order chi connectivity index (χ1) is 8.00. The van der Waals surface area contributed by atoms with Gasteiger partial charge in [-0.3, -0.25) is 0 Å². The van der Waals surface area contributed by atoms with Gasteiger partial charge in [-0.1, -0.05) is 27.7 Å². The molecular formula is C14H25N3. The van der Waals surface area contributed by atoms with Gasteiger partial charge < -0.3 is 9.88 Å². The SMILES string of the molecule is CC(C)C(C)(C)Cn1cncc1C1CCCN1. The summed E-state index contributed by atoms with van der Waals surface area (Å²) in [4.78, 5) is 4.33. The second-order valence-corrected chi connectivity index (χ2v) is 6.24. The molecule has 1 atom stereocenters. The summed E-state index contributed by atoms with van der Waals surface area (Å²) < 4.78 is 2.34. The van der Waals surface area contributed by atoms with Crippen LogP contribution in [0.1, 0.15) is 52.3 Å². The number of hydrogen-bond acceptors (Lipinski definition) is 2. The normalized spacial score (nSPS) is 21.4. The molecule has 17 heavy (non-hydrogen) atoms. The zero-order chi connectivity index (χ0) is 12.5. The maximum Gasteiger partial charge on any atom is 0.0948 e. The minimum Gasteiger partial charge on any atom is -0.333 e. The van der Waals surface area contributed by atoms with Gasteiger partial charge in [0.25, 0.3) is 0 Å². The van der Waals surface area contributed by atoms with Crippen molar-refractivity contribution >= 4 is 0 Å². The molecule has 2 rings (SSSR count). The standard InChI is InChI=1S/C14H25N3/c1-11(2)14(3,4)9-17-10-15-8-13(17)12-6-5-7-16-12/h8,10-12,16H,5-7,9H2,1-4H3. The fraction of sp³-hybridized carbons (Fsp3) is 0.786. The largest absolute Gasteiger partial charge is 0.333 e. The second-order valence-electron chi connectivity index (χ2n) is 6.24. The third kappa shape index (κ3) is 2.71. The number of imidazole rings is 1. The quantitative estimate of drug-likeness (QED) is 0.869. The Hall–Kier alpha value is -0.830. The van der Waals surface area contributed by atoms with Crippen molar-refractivity contribution in [3.8, 4) is 0 Å². The molecule has 1 N–H and O–H groups in total. The topological polar surface area (TPSA) is 29.9 Å². The van der Waals surface area contributed by atoms with Crippen LogP contribution in [0.25, 0.3) is 0 Å². The summed E-state index contributed by atoms with van der Waals surface area (Å²) in [7, 11) is 0. The van der Waals surface area contributed by atoms with E-state index in [2.05, 4.69) is 42.6 Å². The molecule has 3 heteroatoms. The first-order valence-electron chi connectivity index (χ1n) is 6.74. The molecule has 0 bridgehead atoms. The summed E-state index contributed by atoms with van der Waals surface area (Å²) in [5.74, 6) is 0.675. The molecule has 1 fully saturated rings. The molecule has 1 unspecified atom stereocenters. The number of nitrogens with one attached hydrogen (secondary N) is 1. The molecule has 1 aliphatic heterocycles. The average Bonchev–Trinajstić information content (AvgIpc) is 2.85. The Labute approximate surface area is 105 Å². The summed E-state index contributed by atoms with van der Waals surface area (Å²) in [6, 6.07) is 0.514. The third-order valence-electron chi connectivity index (χ3n) is 4.30. The fourth-order valence-corrected chi connectivity index (χ4v) is 2.31. The Balaban J connectivity index is 2.14. The van der Waals surface area contributed by atoms with Gasteiger partial charge in [-0.25, -0.2) is 4.98 Å². The number of rotatable bonds is 4. The summed E-state index contributed by atoms with van der Waals surface area (Å²) in [6.45, 7) is 11.5. The van der Waals surface area contributed by atoms with Gasteiger partial charge in [0.15, 0.2) is 0 Å². The Kier molecular flexibility index (Phi) is 3.57. The molecule has 1 aromatic heterocycles. The highest BCUT2D eigenvalue weighted by molar-refractivity contribution is 5.07. The molecule has 2 heterocycles. The van der Waals surface area contributed by atoms with Crippen molar-refractivity contribution in [1.29, 1.82) is 0 Å². The highest BCUT2D eigenvalue weighted by Crippen LogP contribution is 2.30. The lowest BCUT2D eigenvalue weighted by Crippen LogP contribution is -2.27. The predicted octanol–water partition coefficient (Wildman–Crippen LogP) is 2.99. The molecule has 96 valence electrons. The van der Waals surface area contributed by atoms with E-state index >= 15 is 0 Å². The van der Waals surface area contributed by atoms with Crippen molar-refractivity contribution < 1.29 is 0 Å². The van der Waals surface area contributed by atoms with Crippen LogP contribution in [-0.4, -0.2) is 16.1 Å². The van der Waals surface area contributed by atoms with E-state index in [1.54, 1.807) is 0 Å². The lowest BCUT2D eigenvalue weighted by Gasteiger charge is -2.31. The molecular weight excluding hydrogens is 210 g/mol. The summed E-state index contributed by atoms with van der Waals surface area (Å²) in [6.07, 6.45) is 6.54. The van der Waals surface area contributed by atoms with Crippen molar-refractivity contribution in [2.24, 2.45) is 11.3 Å². The molecule has 1 aromatic rings. The van der Waals surface area contributed by atoms with E-state index in [-0.39, 0.29) is 0 Å². The van der Waals surface area contributed by atoms with Gasteiger partial charge in [0, 0.05) is 18.8 Å². The van der Waals surface area contributed by atoms with E-state index in [4.69, 9.17) is 0 Å². The number of aromatic nitrogens is 2. The maximum absolute atomic E-state index is 4.33. The van der Waals surface area contributed by atoms with Crippen LogP contribution in [0.4, 0.5) is 0 Å². The number of hydrogen-bond donors (Lipinski definition) is 1. The molecule has 1 aliphatic rings. The van der Waals surface area contributed by atoms with Crippen LogP contribution < -0.4 is 5.32 Å². The van der Waals surface area contributed by atoms with Gasteiger partial charge in [-0.2, -0.15) is 0 Å². The van der Waals surface area contributed by atoms with Gasteiger partial charge in [0.1, 0.15) is 0 Å². The van der Waals surface area contributed by atoms with Crippen molar-refractivity contribution in [2.45, 2.75) is 53.1 Å². The lowest BCUT2D eigenvalue weighted by atomic mass is 9.81. The summed E-state index contributed by atoms with van der Waals surface area (Å²) in [5.41, 5.74) is 1.67. The zero-order valence-corrected chi connectivity index (χ0v) is 11.5. The van der Waals surface area contributed by atoms with Crippen LogP contribution in [0.3, 0.4) is 0 Å². The van der Waals surface area contributed by atoms with Crippen LogP contribution in [0.2, 0.25) is 0 Å². The third-order valence-corrected chi connectivity index (χ3v) is 4.30. The van der Waals surface area contributed by atoms with Crippen LogP contribution in [0.15, 0.2) is 12.5 Å². The van der Waals surface area contributed by atoms with E-state index in [0.717, 1.165) is 13.1 Å². The predicted molar refractivity (Wildman–Crippen MR) is 70.8 cm³/mol. The van der Waals surface area contributed by atoms with Crippen molar-refractivity contribution in [3.05, 3.63) is 18.2 Å². The average molecular weight is 235 g/mol. The minimum absolute atomic E-state index is 0.314. The van der Waals surface area contributed by atoms with Gasteiger partial charge in [-0.05, 0) is 30.7 Å². The monoisotopic (exact) mass is 235 g/mol. The molecule has 3 nitrogen and oxygen atoms in total. The summed E-state index contributed by atoms with van der Waals surface area (Å²) in [5, 5.41) is 3.55. The smallest absolute Gasteiger partial charge is 0.0948 e. The molecule has 0 spiro atoms. The zero-order valence-electron chi connectivity index (χ0n) is 11.5. The lowest BCUT2D eigenvalue weighted by molar-refractivity contribution is 0.206. The molecule has 0 aromatic carbocycles. The first-order valence-corrected chi connectivity index (χ1v) is 6.74. The van der Waals surface area contributed by atoms with E-state index in [1.807, 2.05) is 12.5 Å². The number of nitrogens with zero attached hydrogens (tertiary/aromatic N) is 2. The molecule has 1 saturated heterocycles. The molecule has 0 radical (unpaired) electrons. The fourth-order valence-electron chi connectivity index (χ4n) is 2.31. The van der Waals surface area contributed by atoms with Crippen LogP contribution in [-0.2, 0) is 6.54 Å². The van der Waals surface area contributed by atoms with E-state index < -0.39 is 0 Å². The van der Waals surface area contributed by atoms with Gasteiger partial charge in [-0.15, -0.1) is 0 Å². The second kappa shape index (κ2) is 4.81. The molecule has 0 amide bonds. The van der Waals surface area contributed by atoms with Crippen molar-refractivity contribution in [3.63, 3.8) is 0 Å². The highest BCUT2D eigenvalue weighted by Gasteiger charge is 2.26. The van der Waals surface area contributed by atoms with Crippen LogP contribution in [0.5, 0.6) is 0 Å². The van der Waals surface area contributed by atoms with Gasteiger partial charge >= 0.3 is 0 Å². The molecule has 0 saturated carbocycles. The Morgan fingerprint density at radius 3 is 2.88 bits per heavy atom. The van der Waals surface area contributed by atoms with E-state index in [0.29, 0.717) is 17.4 Å². The van der Waals surface area contributed by atoms with Gasteiger partial charge in [0.2, 0.25) is 0 Å².